The number of carbonyl (C=O) groups is 3. The van der Waals surface area contributed by atoms with Crippen molar-refractivity contribution in [2.24, 2.45) is 0 Å². The van der Waals surface area contributed by atoms with Crippen LogP contribution in [0, 0.1) is 0 Å². The number of benzene rings is 3. The van der Waals surface area contributed by atoms with Crippen molar-refractivity contribution in [3.63, 3.8) is 0 Å². The fourth-order valence-corrected chi connectivity index (χ4v) is 5.59. The number of hydrogen-bond acceptors (Lipinski definition) is 6. The number of carbonyl (C=O) groups excluding carboxylic acids is 3. The topological polar surface area (TPSA) is 131 Å². The first-order valence-corrected chi connectivity index (χ1v) is 15.1. The van der Waals surface area contributed by atoms with Gasteiger partial charge in [-0.3, -0.25) is 13.8 Å². The number of ether oxygens (including phenoxy) is 1. The molecule has 1 heterocycles. The zero-order valence-corrected chi connectivity index (χ0v) is 26.0. The lowest BCUT2D eigenvalue weighted by atomic mass is 9.98. The van der Waals surface area contributed by atoms with E-state index in [9.17, 15) is 23.1 Å². The molecule has 3 aromatic rings. The summed E-state index contributed by atoms with van der Waals surface area (Å²) in [5.41, 5.74) is 2.07. The molecule has 0 aromatic heterocycles. The van der Waals surface area contributed by atoms with Crippen LogP contribution in [0.5, 0.6) is 0 Å². The third-order valence-corrected chi connectivity index (χ3v) is 7.75. The highest BCUT2D eigenvalue weighted by molar-refractivity contribution is 7.80. The van der Waals surface area contributed by atoms with Crippen molar-refractivity contribution in [1.29, 1.82) is 0 Å². The van der Waals surface area contributed by atoms with E-state index in [0.717, 1.165) is 25.9 Å². The van der Waals surface area contributed by atoms with E-state index in [0.29, 0.717) is 28.1 Å². The first-order chi connectivity index (χ1) is 20.3. The highest BCUT2D eigenvalue weighted by Gasteiger charge is 2.32. The lowest BCUT2D eigenvalue weighted by Crippen LogP contribution is -2.51. The van der Waals surface area contributed by atoms with Crippen molar-refractivity contribution in [3.05, 3.63) is 88.0 Å². The average molecular weight is 626 g/mol. The summed E-state index contributed by atoms with van der Waals surface area (Å²) >= 11 is 3.40. The largest absolute Gasteiger partial charge is 0.754 e. The van der Waals surface area contributed by atoms with Crippen molar-refractivity contribution in [2.75, 3.05) is 11.0 Å². The molecule has 1 aliphatic rings. The minimum atomic E-state index is -2.80. The summed E-state index contributed by atoms with van der Waals surface area (Å²) in [5, 5.41) is 8.64. The van der Waals surface area contributed by atoms with Gasteiger partial charge in [0, 0.05) is 35.6 Å². The molecule has 0 saturated heterocycles. The number of fused-ring (bicyclic) bond motifs is 1. The molecule has 1 aliphatic heterocycles. The Bertz CT molecular complexity index is 1600. The molecule has 12 heteroatoms. The van der Waals surface area contributed by atoms with Gasteiger partial charge in [0.2, 0.25) is 5.91 Å². The zero-order chi connectivity index (χ0) is 31.3. The molecule has 10 nitrogen and oxygen atoms in total. The van der Waals surface area contributed by atoms with Crippen LogP contribution in [0.25, 0.3) is 10.8 Å². The molecule has 3 amide bonds. The second-order valence-corrected chi connectivity index (χ2v) is 12.4. The average Bonchev–Trinajstić information content (AvgIpc) is 2.94. The molecule has 1 unspecified atom stereocenters. The Morgan fingerprint density at radius 1 is 1.05 bits per heavy atom. The Labute approximate surface area is 258 Å². The molecular weight excluding hydrogens is 592 g/mol. The molecular formula is C31H34ClN4O6S-. The predicted molar refractivity (Wildman–Crippen MR) is 165 cm³/mol. The van der Waals surface area contributed by atoms with Crippen LogP contribution in [0.1, 0.15) is 51.7 Å². The van der Waals surface area contributed by atoms with Crippen LogP contribution in [0.3, 0.4) is 0 Å². The number of rotatable bonds is 9. The summed E-state index contributed by atoms with van der Waals surface area (Å²) in [6.07, 6.45) is -0.402. The van der Waals surface area contributed by atoms with Crippen LogP contribution in [0.2, 0.25) is 5.02 Å². The van der Waals surface area contributed by atoms with Crippen LogP contribution in [0.4, 0.5) is 10.5 Å². The first kappa shape index (κ1) is 32.0. The summed E-state index contributed by atoms with van der Waals surface area (Å²) in [4.78, 5) is 38.8. The second-order valence-electron chi connectivity index (χ2n) is 11.1. The highest BCUT2D eigenvalue weighted by atomic mass is 35.5. The molecule has 4 rings (SSSR count). The van der Waals surface area contributed by atoms with Gasteiger partial charge in [-0.25, -0.2) is 14.2 Å². The number of nitrogens with one attached hydrogen (secondary N) is 2. The molecule has 1 atom stereocenters. The lowest BCUT2D eigenvalue weighted by Gasteiger charge is -2.40. The first-order valence-electron chi connectivity index (χ1n) is 13.7. The summed E-state index contributed by atoms with van der Waals surface area (Å²) in [6.45, 7) is 7.47. The van der Waals surface area contributed by atoms with Crippen molar-refractivity contribution in [1.82, 2.24) is 15.6 Å². The van der Waals surface area contributed by atoms with E-state index in [1.807, 2.05) is 18.2 Å². The molecule has 0 bridgehead atoms. The molecule has 0 fully saturated rings. The molecule has 0 aliphatic carbocycles. The Morgan fingerprint density at radius 3 is 2.47 bits per heavy atom. The lowest BCUT2D eigenvalue weighted by molar-refractivity contribution is -0.129. The van der Waals surface area contributed by atoms with E-state index in [1.54, 1.807) is 70.2 Å². The Kier molecular flexibility index (Phi) is 10.1. The van der Waals surface area contributed by atoms with Crippen LogP contribution in [-0.2, 0) is 38.7 Å². The minimum Gasteiger partial charge on any atom is -0.754 e. The molecule has 228 valence electrons. The maximum absolute atomic E-state index is 13.7. The number of hydrazine groups is 1. The highest BCUT2D eigenvalue weighted by Crippen LogP contribution is 2.32. The normalized spacial score (nSPS) is 14.5. The molecule has 0 spiro atoms. The van der Waals surface area contributed by atoms with Gasteiger partial charge in [-0.1, -0.05) is 59.6 Å². The van der Waals surface area contributed by atoms with Crippen LogP contribution >= 0.6 is 11.6 Å². The molecule has 0 saturated carbocycles. The number of amides is 3. The zero-order valence-electron chi connectivity index (χ0n) is 24.4. The van der Waals surface area contributed by atoms with E-state index in [4.69, 9.17) is 16.3 Å². The summed E-state index contributed by atoms with van der Waals surface area (Å²) in [6, 6.07) is 17.7. The van der Waals surface area contributed by atoms with Gasteiger partial charge < -0.3 is 19.9 Å². The van der Waals surface area contributed by atoms with E-state index in [2.05, 4.69) is 10.6 Å². The van der Waals surface area contributed by atoms with Crippen molar-refractivity contribution < 1.29 is 27.9 Å². The summed E-state index contributed by atoms with van der Waals surface area (Å²) < 4.78 is 31.2. The Morgan fingerprint density at radius 2 is 1.74 bits per heavy atom. The van der Waals surface area contributed by atoms with E-state index < -0.39 is 34.8 Å². The van der Waals surface area contributed by atoms with Crippen molar-refractivity contribution in [3.8, 4) is 0 Å². The fraction of sp³-hybridized carbons (Fsp3) is 0.323. The summed E-state index contributed by atoms with van der Waals surface area (Å²) in [7, 11) is 0. The quantitative estimate of drug-likeness (QED) is 0.311. The van der Waals surface area contributed by atoms with E-state index >= 15 is 0 Å². The number of anilines is 1. The second kappa shape index (κ2) is 13.6. The molecule has 43 heavy (non-hydrogen) atoms. The SMILES string of the molecule is CC1=C(CC(=O)NCc2cc(Cl)ccc2CNC(=O)OC(C)(C)C)C(=O)N(N(c2cccc3ccccc23)S(=O)[O-])CC1. The van der Waals surface area contributed by atoms with Gasteiger partial charge >= 0.3 is 6.09 Å². The van der Waals surface area contributed by atoms with Crippen LogP contribution in [0.15, 0.2) is 71.8 Å². The third kappa shape index (κ3) is 8.13. The van der Waals surface area contributed by atoms with Gasteiger partial charge in [-0.05, 0) is 68.8 Å². The van der Waals surface area contributed by atoms with Crippen LogP contribution < -0.4 is 15.0 Å². The monoisotopic (exact) mass is 625 g/mol. The van der Waals surface area contributed by atoms with Gasteiger partial charge in [-0.15, -0.1) is 0 Å². The summed E-state index contributed by atoms with van der Waals surface area (Å²) in [5.74, 6) is -0.975. The Hall–Kier alpha value is -3.93. The maximum Gasteiger partial charge on any atom is 0.407 e. The fourth-order valence-electron chi connectivity index (χ4n) is 4.76. The van der Waals surface area contributed by atoms with Crippen LogP contribution in [-0.4, -0.2) is 43.8 Å². The molecule has 2 N–H and O–H groups in total. The van der Waals surface area contributed by atoms with Crippen molar-refractivity contribution >= 4 is 57.2 Å². The van der Waals surface area contributed by atoms with E-state index in [-0.39, 0.29) is 31.6 Å². The van der Waals surface area contributed by atoms with Gasteiger partial charge in [0.1, 0.15) is 5.60 Å². The smallest absolute Gasteiger partial charge is 0.407 e. The van der Waals surface area contributed by atoms with Gasteiger partial charge in [0.25, 0.3) is 5.91 Å². The minimum absolute atomic E-state index is 0.0989. The molecule has 0 radical (unpaired) electrons. The number of nitrogens with zero attached hydrogens (tertiary/aromatic N) is 2. The Balaban J connectivity index is 1.46. The van der Waals surface area contributed by atoms with Gasteiger partial charge in [0.05, 0.1) is 23.4 Å². The van der Waals surface area contributed by atoms with Crippen molar-refractivity contribution in [2.45, 2.75) is 59.2 Å². The maximum atomic E-state index is 13.7. The number of alkyl carbamates (subject to hydrolysis) is 1. The predicted octanol–water partition coefficient (Wildman–Crippen LogP) is 5.29. The molecule has 3 aromatic carbocycles. The third-order valence-electron chi connectivity index (χ3n) is 6.84. The standard InChI is InChI=1S/C31H35ClN4O6S/c1-20-14-15-35(36(43(40)41)27-11-7-9-21-8-5-6-10-25(21)27)29(38)26(20)17-28(37)33-19-23-16-24(32)13-12-22(23)18-34-30(39)42-31(2,3)4/h5-13,16H,14-15,17-19H2,1-4H3,(H,33,37)(H,34,39)(H,40,41)/p-1. The number of hydrogen-bond donors (Lipinski definition) is 2. The number of halogens is 1. The van der Waals surface area contributed by atoms with Gasteiger partial charge in [-0.2, -0.15) is 0 Å². The van der Waals surface area contributed by atoms with Gasteiger partial charge in [0.15, 0.2) is 0 Å². The van der Waals surface area contributed by atoms with E-state index in [1.165, 1.54) is 0 Å².